The lowest BCUT2D eigenvalue weighted by atomic mass is 10.1. The van der Waals surface area contributed by atoms with E-state index in [1.54, 1.807) is 6.20 Å². The van der Waals surface area contributed by atoms with Gasteiger partial charge in [0, 0.05) is 19.3 Å². The van der Waals surface area contributed by atoms with Crippen LogP contribution in [0.1, 0.15) is 26.7 Å². The predicted molar refractivity (Wildman–Crippen MR) is 59.8 cm³/mol. The van der Waals surface area contributed by atoms with Gasteiger partial charge in [0.05, 0.1) is 0 Å². The lowest BCUT2D eigenvalue weighted by Gasteiger charge is -2.27. The summed E-state index contributed by atoms with van der Waals surface area (Å²) >= 11 is 5.73. The second-order valence-corrected chi connectivity index (χ2v) is 3.60. The van der Waals surface area contributed by atoms with Gasteiger partial charge < -0.3 is 4.90 Å². The highest BCUT2D eigenvalue weighted by molar-refractivity contribution is 6.28. The van der Waals surface area contributed by atoms with Crippen molar-refractivity contribution in [1.29, 1.82) is 0 Å². The van der Waals surface area contributed by atoms with Crippen molar-refractivity contribution in [3.8, 4) is 0 Å². The number of rotatable bonds is 4. The molecule has 0 saturated carbocycles. The van der Waals surface area contributed by atoms with Crippen LogP contribution in [-0.2, 0) is 0 Å². The van der Waals surface area contributed by atoms with Crippen LogP contribution < -0.4 is 4.90 Å². The molecule has 1 aromatic rings. The number of nitrogens with zero attached hydrogens (tertiary/aromatic N) is 3. The highest BCUT2D eigenvalue weighted by Gasteiger charge is 2.12. The van der Waals surface area contributed by atoms with Gasteiger partial charge in [0.1, 0.15) is 5.82 Å². The molecule has 0 radical (unpaired) electrons. The average Bonchev–Trinajstić information content (AvgIpc) is 2.19. The smallest absolute Gasteiger partial charge is 0.224 e. The molecule has 0 amide bonds. The Balaban J connectivity index is 2.82. The van der Waals surface area contributed by atoms with Crippen LogP contribution in [0.3, 0.4) is 0 Å². The van der Waals surface area contributed by atoms with Gasteiger partial charge in [-0.25, -0.2) is 9.97 Å². The topological polar surface area (TPSA) is 29.0 Å². The van der Waals surface area contributed by atoms with E-state index < -0.39 is 0 Å². The highest BCUT2D eigenvalue weighted by Crippen LogP contribution is 2.16. The van der Waals surface area contributed by atoms with Crippen molar-refractivity contribution in [2.45, 2.75) is 32.7 Å². The normalized spacial score (nSPS) is 10.6. The molecule has 1 rings (SSSR count). The maximum absolute atomic E-state index is 5.73. The minimum absolute atomic E-state index is 0.306. The monoisotopic (exact) mass is 213 g/mol. The molecule has 78 valence electrons. The molecule has 0 aliphatic heterocycles. The summed E-state index contributed by atoms with van der Waals surface area (Å²) in [5.41, 5.74) is 0. The Labute approximate surface area is 90.1 Å². The van der Waals surface area contributed by atoms with Crippen LogP contribution in [0, 0.1) is 0 Å². The molecule has 1 aromatic heterocycles. The fraction of sp³-hybridized carbons (Fsp3) is 0.600. The molecular weight excluding hydrogens is 198 g/mol. The first-order valence-electron chi connectivity index (χ1n) is 4.90. The minimum Gasteiger partial charge on any atom is -0.357 e. The minimum atomic E-state index is 0.306. The molecule has 0 aliphatic carbocycles. The fourth-order valence-electron chi connectivity index (χ4n) is 1.55. The molecule has 0 N–H and O–H groups in total. The van der Waals surface area contributed by atoms with Crippen LogP contribution in [0.2, 0.25) is 5.28 Å². The highest BCUT2D eigenvalue weighted by atomic mass is 35.5. The van der Waals surface area contributed by atoms with Crippen molar-refractivity contribution in [2.75, 3.05) is 11.9 Å². The molecule has 1 heterocycles. The van der Waals surface area contributed by atoms with Crippen LogP contribution in [-0.4, -0.2) is 23.1 Å². The Hall–Kier alpha value is -0.830. The van der Waals surface area contributed by atoms with Crippen molar-refractivity contribution in [1.82, 2.24) is 9.97 Å². The predicted octanol–water partition coefficient (Wildman–Crippen LogP) is 2.75. The maximum Gasteiger partial charge on any atom is 0.224 e. The lowest BCUT2D eigenvalue weighted by Crippen LogP contribution is -2.31. The van der Waals surface area contributed by atoms with Crippen LogP contribution in [0.5, 0.6) is 0 Å². The molecular formula is C10H16ClN3. The number of anilines is 1. The first-order chi connectivity index (χ1) is 6.69. The van der Waals surface area contributed by atoms with Gasteiger partial charge in [-0.2, -0.15) is 0 Å². The standard InChI is InChI=1S/C10H16ClN3/c1-4-8(5-2)14(3)9-6-7-12-10(11)13-9/h6-8H,4-5H2,1-3H3. The quantitative estimate of drug-likeness (QED) is 0.721. The van der Waals surface area contributed by atoms with Crippen molar-refractivity contribution in [3.05, 3.63) is 17.5 Å². The van der Waals surface area contributed by atoms with E-state index in [-0.39, 0.29) is 0 Å². The van der Waals surface area contributed by atoms with E-state index >= 15 is 0 Å². The Morgan fingerprint density at radius 3 is 2.57 bits per heavy atom. The van der Waals surface area contributed by atoms with Crippen molar-refractivity contribution in [3.63, 3.8) is 0 Å². The number of aromatic nitrogens is 2. The Bertz CT molecular complexity index is 286. The summed E-state index contributed by atoms with van der Waals surface area (Å²) in [5, 5.41) is 0.306. The van der Waals surface area contributed by atoms with Crippen LogP contribution in [0.4, 0.5) is 5.82 Å². The maximum atomic E-state index is 5.73. The average molecular weight is 214 g/mol. The number of halogens is 1. The summed E-state index contributed by atoms with van der Waals surface area (Å²) in [5.74, 6) is 0.888. The molecule has 0 spiro atoms. The van der Waals surface area contributed by atoms with Crippen LogP contribution >= 0.6 is 11.6 Å². The van der Waals surface area contributed by atoms with Gasteiger partial charge >= 0.3 is 0 Å². The molecule has 0 saturated heterocycles. The van der Waals surface area contributed by atoms with Crippen molar-refractivity contribution < 1.29 is 0 Å². The molecule has 0 unspecified atom stereocenters. The lowest BCUT2D eigenvalue weighted by molar-refractivity contribution is 0.586. The molecule has 3 nitrogen and oxygen atoms in total. The second-order valence-electron chi connectivity index (χ2n) is 3.27. The van der Waals surface area contributed by atoms with Crippen LogP contribution in [0.15, 0.2) is 12.3 Å². The van der Waals surface area contributed by atoms with Crippen LogP contribution in [0.25, 0.3) is 0 Å². The SMILES string of the molecule is CCC(CC)N(C)c1ccnc(Cl)n1. The summed E-state index contributed by atoms with van der Waals surface area (Å²) in [4.78, 5) is 10.2. The first-order valence-corrected chi connectivity index (χ1v) is 5.28. The zero-order valence-corrected chi connectivity index (χ0v) is 9.62. The molecule has 0 atom stereocenters. The summed E-state index contributed by atoms with van der Waals surface area (Å²) in [6.45, 7) is 4.35. The molecule has 4 heteroatoms. The number of hydrogen-bond acceptors (Lipinski definition) is 3. The molecule has 0 bridgehead atoms. The molecule has 14 heavy (non-hydrogen) atoms. The van der Waals surface area contributed by atoms with Gasteiger partial charge in [0.25, 0.3) is 0 Å². The third-order valence-corrected chi connectivity index (χ3v) is 2.65. The Kier molecular flexibility index (Phi) is 4.14. The van der Waals surface area contributed by atoms with E-state index in [2.05, 4.69) is 28.7 Å². The third kappa shape index (κ3) is 2.58. The van der Waals surface area contributed by atoms with Gasteiger partial charge in [0.15, 0.2) is 0 Å². The van der Waals surface area contributed by atoms with E-state index in [0.29, 0.717) is 11.3 Å². The van der Waals surface area contributed by atoms with E-state index in [1.807, 2.05) is 13.1 Å². The first kappa shape index (κ1) is 11.2. The largest absolute Gasteiger partial charge is 0.357 e. The molecule has 0 aliphatic rings. The zero-order chi connectivity index (χ0) is 10.6. The number of hydrogen-bond donors (Lipinski definition) is 0. The summed E-state index contributed by atoms with van der Waals surface area (Å²) in [6, 6.07) is 2.39. The second kappa shape index (κ2) is 5.15. The van der Waals surface area contributed by atoms with Gasteiger partial charge in [0.2, 0.25) is 5.28 Å². The third-order valence-electron chi connectivity index (χ3n) is 2.46. The van der Waals surface area contributed by atoms with Gasteiger partial charge in [-0.15, -0.1) is 0 Å². The Morgan fingerprint density at radius 2 is 2.07 bits per heavy atom. The van der Waals surface area contributed by atoms with Gasteiger partial charge in [-0.05, 0) is 30.5 Å². The molecule has 0 aromatic carbocycles. The van der Waals surface area contributed by atoms with E-state index in [1.165, 1.54) is 0 Å². The Morgan fingerprint density at radius 1 is 1.43 bits per heavy atom. The summed E-state index contributed by atoms with van der Waals surface area (Å²) in [6.07, 6.45) is 3.90. The van der Waals surface area contributed by atoms with E-state index in [0.717, 1.165) is 18.7 Å². The molecule has 0 fully saturated rings. The van der Waals surface area contributed by atoms with E-state index in [4.69, 9.17) is 11.6 Å². The van der Waals surface area contributed by atoms with Crippen molar-refractivity contribution >= 4 is 17.4 Å². The summed E-state index contributed by atoms with van der Waals surface area (Å²) in [7, 11) is 2.04. The van der Waals surface area contributed by atoms with Gasteiger partial charge in [-0.3, -0.25) is 0 Å². The summed E-state index contributed by atoms with van der Waals surface area (Å²) < 4.78 is 0. The van der Waals surface area contributed by atoms with Gasteiger partial charge in [-0.1, -0.05) is 13.8 Å². The van der Waals surface area contributed by atoms with Crippen molar-refractivity contribution in [2.24, 2.45) is 0 Å². The zero-order valence-electron chi connectivity index (χ0n) is 8.87. The van der Waals surface area contributed by atoms with E-state index in [9.17, 15) is 0 Å². The fourth-order valence-corrected chi connectivity index (χ4v) is 1.69.